The Hall–Kier alpha value is -0.380. The average molecular weight is 237 g/mol. The van der Waals surface area contributed by atoms with Gasteiger partial charge in [-0.15, -0.1) is 11.3 Å². The van der Waals surface area contributed by atoms with Gasteiger partial charge in [-0.05, 0) is 42.7 Å². The zero-order chi connectivity index (χ0) is 11.0. The summed E-state index contributed by atoms with van der Waals surface area (Å²) in [5, 5.41) is 6.01. The minimum atomic E-state index is 0.229. The Kier molecular flexibility index (Phi) is 2.78. The van der Waals surface area contributed by atoms with Crippen LogP contribution >= 0.6 is 11.3 Å². The molecule has 16 heavy (non-hydrogen) atoms. The highest BCUT2D eigenvalue weighted by molar-refractivity contribution is 7.10. The summed E-state index contributed by atoms with van der Waals surface area (Å²) < 4.78 is 5.81. The van der Waals surface area contributed by atoms with Crippen molar-refractivity contribution >= 4 is 11.3 Å². The molecule has 0 radical (unpaired) electrons. The molecule has 1 aromatic heterocycles. The fourth-order valence-electron chi connectivity index (χ4n) is 3.09. The molecule has 88 valence electrons. The lowest BCUT2D eigenvalue weighted by Gasteiger charge is -2.44. The van der Waals surface area contributed by atoms with Crippen molar-refractivity contribution in [3.8, 4) is 0 Å². The van der Waals surface area contributed by atoms with Gasteiger partial charge in [0.2, 0.25) is 0 Å². The molecule has 3 heteroatoms. The molecule has 2 unspecified atom stereocenters. The van der Waals surface area contributed by atoms with Crippen molar-refractivity contribution in [3.63, 3.8) is 0 Å². The Labute approximate surface area is 101 Å². The van der Waals surface area contributed by atoms with Gasteiger partial charge in [0.15, 0.2) is 0 Å². The van der Waals surface area contributed by atoms with Crippen LogP contribution in [0.4, 0.5) is 0 Å². The van der Waals surface area contributed by atoms with Gasteiger partial charge in [0.05, 0.1) is 6.10 Å². The molecule has 2 aliphatic heterocycles. The Morgan fingerprint density at radius 1 is 1.62 bits per heavy atom. The average Bonchev–Trinajstić information content (AvgIpc) is 2.79. The summed E-state index contributed by atoms with van der Waals surface area (Å²) >= 11 is 1.92. The Morgan fingerprint density at radius 3 is 3.44 bits per heavy atom. The lowest BCUT2D eigenvalue weighted by atomic mass is 9.77. The van der Waals surface area contributed by atoms with Crippen molar-refractivity contribution in [2.24, 2.45) is 0 Å². The molecule has 1 aromatic rings. The molecule has 3 rings (SSSR count). The monoisotopic (exact) mass is 237 g/mol. The second kappa shape index (κ2) is 4.13. The van der Waals surface area contributed by atoms with Crippen LogP contribution in [0.15, 0.2) is 11.4 Å². The normalized spacial score (nSPS) is 33.9. The smallest absolute Gasteiger partial charge is 0.0593 e. The first-order chi connectivity index (χ1) is 7.84. The summed E-state index contributed by atoms with van der Waals surface area (Å²) in [6.07, 6.45) is 5.04. The van der Waals surface area contributed by atoms with E-state index in [1.54, 1.807) is 10.4 Å². The van der Waals surface area contributed by atoms with Gasteiger partial charge in [-0.2, -0.15) is 0 Å². The molecule has 1 spiro atoms. The number of hydrogen-bond donors (Lipinski definition) is 1. The fourth-order valence-corrected chi connectivity index (χ4v) is 4.07. The van der Waals surface area contributed by atoms with Gasteiger partial charge in [0.25, 0.3) is 0 Å². The summed E-state index contributed by atoms with van der Waals surface area (Å²) in [6.45, 7) is 4.26. The molecular weight excluding hydrogens is 218 g/mol. The fraction of sp³-hybridized carbons (Fsp3) is 0.692. The van der Waals surface area contributed by atoms with Gasteiger partial charge >= 0.3 is 0 Å². The van der Waals surface area contributed by atoms with E-state index < -0.39 is 0 Å². The maximum Gasteiger partial charge on any atom is 0.0593 e. The van der Waals surface area contributed by atoms with Gasteiger partial charge < -0.3 is 10.1 Å². The third kappa shape index (κ3) is 1.62. The van der Waals surface area contributed by atoms with E-state index in [0.29, 0.717) is 6.10 Å². The summed E-state index contributed by atoms with van der Waals surface area (Å²) in [7, 11) is 0. The lowest BCUT2D eigenvalue weighted by molar-refractivity contribution is -0.0337. The van der Waals surface area contributed by atoms with Crippen molar-refractivity contribution in [2.75, 3.05) is 13.2 Å². The number of nitrogens with one attached hydrogen (secondary N) is 1. The zero-order valence-electron chi connectivity index (χ0n) is 9.79. The minimum absolute atomic E-state index is 0.229. The summed E-state index contributed by atoms with van der Waals surface area (Å²) in [6, 6.07) is 2.32. The first-order valence-electron chi connectivity index (χ1n) is 6.27. The van der Waals surface area contributed by atoms with Crippen molar-refractivity contribution < 1.29 is 4.74 Å². The molecule has 2 nitrogen and oxygen atoms in total. The van der Waals surface area contributed by atoms with Gasteiger partial charge in [-0.25, -0.2) is 0 Å². The second-order valence-electron chi connectivity index (χ2n) is 4.87. The largest absolute Gasteiger partial charge is 0.378 e. The van der Waals surface area contributed by atoms with E-state index >= 15 is 0 Å². The Morgan fingerprint density at radius 2 is 2.56 bits per heavy atom. The van der Waals surface area contributed by atoms with Crippen LogP contribution in [0.5, 0.6) is 0 Å². The van der Waals surface area contributed by atoms with Gasteiger partial charge in [0, 0.05) is 23.6 Å². The molecular formula is C13H19NOS. The van der Waals surface area contributed by atoms with Crippen LogP contribution < -0.4 is 5.32 Å². The van der Waals surface area contributed by atoms with Crippen LogP contribution in [0.2, 0.25) is 0 Å². The molecule has 0 amide bonds. The van der Waals surface area contributed by atoms with E-state index in [9.17, 15) is 0 Å². The molecule has 2 atom stereocenters. The predicted molar refractivity (Wildman–Crippen MR) is 67.0 cm³/mol. The topological polar surface area (TPSA) is 21.3 Å². The van der Waals surface area contributed by atoms with Gasteiger partial charge in [-0.1, -0.05) is 6.92 Å². The van der Waals surface area contributed by atoms with Crippen LogP contribution in [0.1, 0.15) is 36.6 Å². The number of fused-ring (bicyclic) bond motifs is 2. The maximum atomic E-state index is 5.81. The quantitative estimate of drug-likeness (QED) is 0.811. The minimum Gasteiger partial charge on any atom is -0.378 e. The zero-order valence-corrected chi connectivity index (χ0v) is 10.6. The van der Waals surface area contributed by atoms with Gasteiger partial charge in [-0.3, -0.25) is 0 Å². The summed E-state index contributed by atoms with van der Waals surface area (Å²) in [4.78, 5) is 1.59. The van der Waals surface area contributed by atoms with Gasteiger partial charge in [0.1, 0.15) is 0 Å². The van der Waals surface area contributed by atoms with E-state index in [1.165, 1.54) is 6.42 Å². The van der Waals surface area contributed by atoms with E-state index in [-0.39, 0.29) is 5.54 Å². The van der Waals surface area contributed by atoms with Crippen LogP contribution in [0.3, 0.4) is 0 Å². The predicted octanol–water partition coefficient (Wildman–Crippen LogP) is 2.68. The number of thiophene rings is 1. The highest BCUT2D eigenvalue weighted by atomic mass is 32.1. The van der Waals surface area contributed by atoms with Crippen molar-refractivity contribution in [1.82, 2.24) is 5.32 Å². The first-order valence-corrected chi connectivity index (χ1v) is 7.15. The number of rotatable bonds is 1. The second-order valence-corrected chi connectivity index (χ2v) is 5.87. The van der Waals surface area contributed by atoms with Crippen LogP contribution in [0.25, 0.3) is 0 Å². The lowest BCUT2D eigenvalue weighted by Crippen LogP contribution is -2.52. The number of hydrogen-bond acceptors (Lipinski definition) is 3. The van der Waals surface area contributed by atoms with Crippen molar-refractivity contribution in [3.05, 3.63) is 21.9 Å². The highest BCUT2D eigenvalue weighted by Crippen LogP contribution is 2.41. The third-order valence-electron chi connectivity index (χ3n) is 3.99. The molecule has 0 aliphatic carbocycles. The molecule has 0 saturated carbocycles. The van der Waals surface area contributed by atoms with Crippen LogP contribution in [0, 0.1) is 0 Å². The Balaban J connectivity index is 1.94. The van der Waals surface area contributed by atoms with E-state index in [1.807, 2.05) is 11.3 Å². The first kappa shape index (κ1) is 10.8. The van der Waals surface area contributed by atoms with E-state index in [0.717, 1.165) is 32.4 Å². The van der Waals surface area contributed by atoms with Crippen LogP contribution in [-0.2, 0) is 16.7 Å². The molecule has 2 aliphatic rings. The number of ether oxygens (including phenoxy) is 1. The Bertz CT molecular complexity index is 376. The summed E-state index contributed by atoms with van der Waals surface area (Å²) in [5.41, 5.74) is 1.79. The standard InChI is InChI=1S/C13H19NOS/c1-2-10-9-13(5-7-15-10)11-4-8-16-12(11)3-6-14-13/h4,8,10,14H,2-3,5-7,9H2,1H3. The summed E-state index contributed by atoms with van der Waals surface area (Å²) in [5.74, 6) is 0. The molecule has 1 fully saturated rings. The molecule has 0 aromatic carbocycles. The molecule has 0 bridgehead atoms. The maximum absolute atomic E-state index is 5.81. The third-order valence-corrected chi connectivity index (χ3v) is 4.97. The molecule has 3 heterocycles. The highest BCUT2D eigenvalue weighted by Gasteiger charge is 2.41. The molecule has 1 N–H and O–H groups in total. The SMILES string of the molecule is CCC1CC2(CCO1)NCCc1sccc12. The van der Waals surface area contributed by atoms with Crippen molar-refractivity contribution in [2.45, 2.75) is 44.2 Å². The molecule has 1 saturated heterocycles. The van der Waals surface area contributed by atoms with Crippen molar-refractivity contribution in [1.29, 1.82) is 0 Å². The van der Waals surface area contributed by atoms with E-state index in [4.69, 9.17) is 4.74 Å². The van der Waals surface area contributed by atoms with E-state index in [2.05, 4.69) is 23.7 Å². The van der Waals surface area contributed by atoms with Crippen LogP contribution in [-0.4, -0.2) is 19.3 Å².